The van der Waals surface area contributed by atoms with Gasteiger partial charge in [0, 0.05) is 13.0 Å². The van der Waals surface area contributed by atoms with Gasteiger partial charge in [-0.1, -0.05) is 0 Å². The lowest BCUT2D eigenvalue weighted by Gasteiger charge is -2.04. The van der Waals surface area contributed by atoms with Gasteiger partial charge in [0.05, 0.1) is 18.6 Å². The maximum Gasteiger partial charge on any atom is 0.406 e. The van der Waals surface area contributed by atoms with Gasteiger partial charge in [-0.2, -0.15) is 0 Å². The first-order chi connectivity index (χ1) is 7.37. The van der Waals surface area contributed by atoms with Crippen LogP contribution in [-0.4, -0.2) is 50.7 Å². The second-order valence-electron chi connectivity index (χ2n) is 3.07. The zero-order valence-corrected chi connectivity index (χ0v) is 9.75. The van der Waals surface area contributed by atoms with Crippen LogP contribution >= 0.6 is 0 Å². The number of carbonyl (C=O) groups is 2. The van der Waals surface area contributed by atoms with Crippen LogP contribution in [0.4, 0.5) is 4.79 Å². The summed E-state index contributed by atoms with van der Waals surface area (Å²) in [4.78, 5) is 20.8. The van der Waals surface area contributed by atoms with Crippen LogP contribution in [0.1, 0.15) is 12.8 Å². The van der Waals surface area contributed by atoms with E-state index >= 15 is 0 Å². The third-order valence-corrected chi connectivity index (χ3v) is 3.45. The number of carboxylic acids is 1. The molecule has 0 bridgehead atoms. The Balaban J connectivity index is 3.79. The average molecular weight is 253 g/mol. The maximum atomic E-state index is 11.3. The molecule has 0 aliphatic heterocycles. The van der Waals surface area contributed by atoms with Crippen LogP contribution in [0.5, 0.6) is 0 Å². The van der Waals surface area contributed by atoms with Gasteiger partial charge in [0.1, 0.15) is 0 Å². The van der Waals surface area contributed by atoms with Crippen molar-refractivity contribution >= 4 is 21.9 Å². The van der Waals surface area contributed by atoms with Crippen molar-refractivity contribution in [2.45, 2.75) is 12.8 Å². The third kappa shape index (κ3) is 8.04. The van der Waals surface area contributed by atoms with Crippen molar-refractivity contribution in [2.24, 2.45) is 0 Å². The molecule has 0 saturated heterocycles. The summed E-state index contributed by atoms with van der Waals surface area (Å²) >= 11 is 0. The Hall–Kier alpha value is -1.31. The summed E-state index contributed by atoms with van der Waals surface area (Å²) in [5.74, 6) is -1.44. The first-order valence-corrected chi connectivity index (χ1v) is 6.43. The topological polar surface area (TPSA) is 110 Å². The number of alkyl carbamates (subject to hydrolysis) is 1. The van der Waals surface area contributed by atoms with Crippen LogP contribution in [0.25, 0.3) is 0 Å². The van der Waals surface area contributed by atoms with Crippen molar-refractivity contribution in [3.05, 3.63) is 0 Å². The summed E-state index contributed by atoms with van der Waals surface area (Å²) in [6.07, 6.45) is -0.791. The smallest absolute Gasteiger partial charge is 0.406 e. The lowest BCUT2D eigenvalue weighted by molar-refractivity contribution is -0.137. The fourth-order valence-electron chi connectivity index (χ4n) is 0.926. The predicted octanol–water partition coefficient (Wildman–Crippen LogP) is -0.378. The average Bonchev–Trinajstić information content (AvgIpc) is 2.16. The summed E-state index contributed by atoms with van der Waals surface area (Å²) in [7, 11) is -2.14. The lowest BCUT2D eigenvalue weighted by atomic mass is 10.3. The van der Waals surface area contributed by atoms with Crippen molar-refractivity contribution in [2.75, 3.05) is 25.2 Å². The monoisotopic (exact) mass is 253 g/mol. The number of hydrogen-bond acceptors (Lipinski definition) is 5. The Labute approximate surface area is 93.7 Å². The van der Waals surface area contributed by atoms with Gasteiger partial charge in [0.15, 0.2) is 9.84 Å². The fraction of sp³-hybridized carbons (Fsp3) is 0.750. The first kappa shape index (κ1) is 14.7. The Kier molecular flexibility index (Phi) is 6.47. The van der Waals surface area contributed by atoms with Gasteiger partial charge in [-0.15, -0.1) is 0 Å². The highest BCUT2D eigenvalue weighted by molar-refractivity contribution is 7.91. The summed E-state index contributed by atoms with van der Waals surface area (Å²) in [6.45, 7) is -0.0396. The highest BCUT2D eigenvalue weighted by Crippen LogP contribution is 1.97. The van der Waals surface area contributed by atoms with Crippen molar-refractivity contribution < 1.29 is 27.9 Å². The molecule has 0 spiro atoms. The van der Waals surface area contributed by atoms with E-state index in [1.807, 2.05) is 0 Å². The second-order valence-corrected chi connectivity index (χ2v) is 5.37. The molecule has 0 rings (SSSR count). The lowest BCUT2D eigenvalue weighted by Crippen LogP contribution is -2.29. The van der Waals surface area contributed by atoms with E-state index in [2.05, 4.69) is 10.1 Å². The first-order valence-electron chi connectivity index (χ1n) is 4.61. The van der Waals surface area contributed by atoms with E-state index < -0.39 is 21.9 Å². The number of methoxy groups -OCH3 is 1. The Morgan fingerprint density at radius 2 is 1.94 bits per heavy atom. The van der Waals surface area contributed by atoms with E-state index in [0.29, 0.717) is 0 Å². The second kappa shape index (κ2) is 7.04. The van der Waals surface area contributed by atoms with Crippen molar-refractivity contribution in [1.82, 2.24) is 5.32 Å². The molecule has 0 aromatic carbocycles. The highest BCUT2D eigenvalue weighted by Gasteiger charge is 2.12. The number of rotatable bonds is 7. The minimum absolute atomic E-state index is 0.0396. The molecule has 16 heavy (non-hydrogen) atoms. The molecule has 2 N–H and O–H groups in total. The number of sulfone groups is 1. The summed E-state index contributed by atoms with van der Waals surface area (Å²) in [5.41, 5.74) is 0. The molecule has 0 aromatic rings. The quantitative estimate of drug-likeness (QED) is 0.640. The number of ether oxygens (including phenoxy) is 1. The number of amides is 1. The molecule has 7 nitrogen and oxygen atoms in total. The van der Waals surface area contributed by atoms with E-state index in [1.54, 1.807) is 0 Å². The van der Waals surface area contributed by atoms with Gasteiger partial charge < -0.3 is 15.2 Å². The van der Waals surface area contributed by atoms with Gasteiger partial charge in [-0.25, -0.2) is 13.2 Å². The number of aliphatic carboxylic acids is 1. The van der Waals surface area contributed by atoms with Crippen LogP contribution in [0.3, 0.4) is 0 Å². The molecule has 8 heteroatoms. The Morgan fingerprint density at radius 1 is 1.31 bits per heavy atom. The van der Waals surface area contributed by atoms with Crippen LogP contribution in [-0.2, 0) is 19.4 Å². The molecular weight excluding hydrogens is 238 g/mol. The third-order valence-electron chi connectivity index (χ3n) is 1.71. The van der Waals surface area contributed by atoms with Gasteiger partial charge in [0.2, 0.25) is 0 Å². The normalized spacial score (nSPS) is 10.8. The minimum atomic E-state index is -3.31. The van der Waals surface area contributed by atoms with Crippen LogP contribution < -0.4 is 5.32 Å². The fourth-order valence-corrected chi connectivity index (χ4v) is 2.13. The number of carbonyl (C=O) groups excluding carboxylic acids is 1. The highest BCUT2D eigenvalue weighted by atomic mass is 32.2. The van der Waals surface area contributed by atoms with Crippen LogP contribution in [0, 0.1) is 0 Å². The summed E-state index contributed by atoms with van der Waals surface area (Å²) < 4.78 is 26.8. The Bertz CT molecular complexity index is 336. The molecule has 0 saturated carbocycles. The molecule has 94 valence electrons. The standard InChI is InChI=1S/C8H15NO6S/c1-15-8(12)9-4-6-16(13,14)5-2-3-7(10)11/h2-6H2,1H3,(H,9,12)(H,10,11). The van der Waals surface area contributed by atoms with E-state index in [1.165, 1.54) is 7.11 Å². The summed E-state index contributed by atoms with van der Waals surface area (Å²) in [6, 6.07) is 0. The minimum Gasteiger partial charge on any atom is -0.481 e. The van der Waals surface area contributed by atoms with Gasteiger partial charge >= 0.3 is 12.1 Å². The maximum absolute atomic E-state index is 11.3. The molecule has 1 amide bonds. The number of hydrogen-bond donors (Lipinski definition) is 2. The van der Waals surface area contributed by atoms with Crippen LogP contribution in [0.2, 0.25) is 0 Å². The molecule has 0 fully saturated rings. The van der Waals surface area contributed by atoms with Crippen LogP contribution in [0.15, 0.2) is 0 Å². The zero-order chi connectivity index (χ0) is 12.6. The molecule has 0 unspecified atom stereocenters. The SMILES string of the molecule is COC(=O)NCCS(=O)(=O)CCCC(=O)O. The van der Waals surface area contributed by atoms with E-state index in [4.69, 9.17) is 5.11 Å². The van der Waals surface area contributed by atoms with Crippen molar-refractivity contribution in [1.29, 1.82) is 0 Å². The Morgan fingerprint density at radius 3 is 2.44 bits per heavy atom. The molecule has 0 atom stereocenters. The van der Waals surface area contributed by atoms with E-state index in [9.17, 15) is 18.0 Å². The molecule has 0 aliphatic carbocycles. The van der Waals surface area contributed by atoms with Gasteiger partial charge in [0.25, 0.3) is 0 Å². The number of carboxylic acid groups (broad SMARTS) is 1. The largest absolute Gasteiger partial charge is 0.481 e. The molecule has 0 heterocycles. The van der Waals surface area contributed by atoms with Gasteiger partial charge in [-0.05, 0) is 6.42 Å². The van der Waals surface area contributed by atoms with Crippen molar-refractivity contribution in [3.8, 4) is 0 Å². The number of nitrogens with one attached hydrogen (secondary N) is 1. The molecule has 0 radical (unpaired) electrons. The zero-order valence-electron chi connectivity index (χ0n) is 8.93. The molecule has 0 aromatic heterocycles. The van der Waals surface area contributed by atoms with Gasteiger partial charge in [-0.3, -0.25) is 4.79 Å². The summed E-state index contributed by atoms with van der Waals surface area (Å²) in [5, 5.41) is 10.6. The van der Waals surface area contributed by atoms with E-state index in [-0.39, 0.29) is 30.9 Å². The molecular formula is C8H15NO6S. The predicted molar refractivity (Wildman–Crippen MR) is 55.9 cm³/mol. The molecule has 0 aliphatic rings. The van der Waals surface area contributed by atoms with E-state index in [0.717, 1.165) is 0 Å². The van der Waals surface area contributed by atoms with Crippen molar-refractivity contribution in [3.63, 3.8) is 0 Å².